The van der Waals surface area contributed by atoms with Gasteiger partial charge in [-0.1, -0.05) is 12.1 Å². The van der Waals surface area contributed by atoms with E-state index in [9.17, 15) is 13.2 Å². The van der Waals surface area contributed by atoms with Gasteiger partial charge in [0.25, 0.3) is 0 Å². The maximum atomic E-state index is 13.2. The molecule has 3 aromatic rings. The molecule has 0 saturated carbocycles. The summed E-state index contributed by atoms with van der Waals surface area (Å²) in [5.74, 6) is 0.412. The van der Waals surface area contributed by atoms with Crippen molar-refractivity contribution in [3.63, 3.8) is 0 Å². The smallest absolute Gasteiger partial charge is 0.421 e. The van der Waals surface area contributed by atoms with E-state index in [1.807, 2.05) is 24.3 Å². The minimum atomic E-state index is -4.53. The molecule has 27 heavy (non-hydrogen) atoms. The third-order valence-corrected chi connectivity index (χ3v) is 4.60. The number of fused-ring (bicyclic) bond motifs is 1. The summed E-state index contributed by atoms with van der Waals surface area (Å²) in [6.07, 6.45) is -3.80. The summed E-state index contributed by atoms with van der Waals surface area (Å²) in [6.45, 7) is 2.38. The van der Waals surface area contributed by atoms with Crippen molar-refractivity contribution in [3.8, 4) is 0 Å². The zero-order valence-corrected chi connectivity index (χ0v) is 14.8. The molecule has 3 heterocycles. The van der Waals surface area contributed by atoms with E-state index in [1.165, 1.54) is 0 Å². The van der Waals surface area contributed by atoms with Crippen LogP contribution in [0.2, 0.25) is 5.28 Å². The first kappa shape index (κ1) is 18.0. The van der Waals surface area contributed by atoms with Crippen molar-refractivity contribution >= 4 is 28.5 Å². The fourth-order valence-corrected chi connectivity index (χ4v) is 3.22. The number of piperazine rings is 1. The first-order valence-electron chi connectivity index (χ1n) is 8.31. The zero-order valence-electron chi connectivity index (χ0n) is 14.1. The summed E-state index contributed by atoms with van der Waals surface area (Å²) in [4.78, 5) is 15.4. The predicted molar refractivity (Wildman–Crippen MR) is 93.5 cm³/mol. The number of halogens is 4. The summed E-state index contributed by atoms with van der Waals surface area (Å²) in [5, 5.41) is -0.202. The van der Waals surface area contributed by atoms with Crippen molar-refractivity contribution in [1.82, 2.24) is 19.9 Å². The molecule has 10 heteroatoms. The summed E-state index contributed by atoms with van der Waals surface area (Å²) < 4.78 is 45.4. The van der Waals surface area contributed by atoms with Crippen LogP contribution in [0.25, 0.3) is 11.1 Å². The highest BCUT2D eigenvalue weighted by molar-refractivity contribution is 6.28. The molecule has 4 rings (SSSR count). The SMILES string of the molecule is FC(F)(F)c1cnc(Cl)nc1N1CCN(Cc2nc3ccccc3o2)CC1. The second kappa shape index (κ2) is 6.97. The molecule has 0 N–H and O–H groups in total. The highest BCUT2D eigenvalue weighted by atomic mass is 35.5. The first-order chi connectivity index (χ1) is 12.9. The van der Waals surface area contributed by atoms with Crippen LogP contribution in [-0.2, 0) is 12.7 Å². The number of benzene rings is 1. The molecule has 142 valence electrons. The Bertz CT molecular complexity index is 920. The molecule has 0 spiro atoms. The van der Waals surface area contributed by atoms with Crippen molar-refractivity contribution < 1.29 is 17.6 Å². The van der Waals surface area contributed by atoms with Gasteiger partial charge >= 0.3 is 6.18 Å². The van der Waals surface area contributed by atoms with Gasteiger partial charge in [-0.25, -0.2) is 9.97 Å². The van der Waals surface area contributed by atoms with Crippen molar-refractivity contribution in [3.05, 3.63) is 47.2 Å². The van der Waals surface area contributed by atoms with Crippen LogP contribution in [0.1, 0.15) is 11.5 Å². The Labute approximate surface area is 157 Å². The predicted octanol–water partition coefficient (Wildman–Crippen LogP) is 3.61. The molecular formula is C17H15ClF3N5O. The molecule has 1 fully saturated rings. The van der Waals surface area contributed by atoms with Crippen LogP contribution in [0.5, 0.6) is 0 Å². The van der Waals surface area contributed by atoms with Gasteiger partial charge in [-0.3, -0.25) is 4.90 Å². The Morgan fingerprint density at radius 3 is 2.52 bits per heavy atom. The van der Waals surface area contributed by atoms with Gasteiger partial charge in [-0.05, 0) is 23.7 Å². The fraction of sp³-hybridized carbons (Fsp3) is 0.353. The quantitative estimate of drug-likeness (QED) is 0.629. The summed E-state index contributed by atoms with van der Waals surface area (Å²) in [6, 6.07) is 7.48. The number of anilines is 1. The molecule has 2 aromatic heterocycles. The number of oxazole rings is 1. The summed E-state index contributed by atoms with van der Waals surface area (Å²) in [5.41, 5.74) is 0.632. The van der Waals surface area contributed by atoms with Crippen LogP contribution in [0.3, 0.4) is 0 Å². The van der Waals surface area contributed by atoms with E-state index >= 15 is 0 Å². The average Bonchev–Trinajstić information content (AvgIpc) is 3.03. The van der Waals surface area contributed by atoms with Crippen LogP contribution in [0.4, 0.5) is 19.0 Å². The van der Waals surface area contributed by atoms with E-state index in [1.54, 1.807) is 4.90 Å². The summed E-state index contributed by atoms with van der Waals surface area (Å²) in [7, 11) is 0. The van der Waals surface area contributed by atoms with Crippen molar-refractivity contribution in [2.45, 2.75) is 12.7 Å². The second-order valence-corrected chi connectivity index (χ2v) is 6.55. The third kappa shape index (κ3) is 3.84. The molecule has 6 nitrogen and oxygen atoms in total. The molecule has 0 amide bonds. The van der Waals surface area contributed by atoms with Crippen LogP contribution in [-0.4, -0.2) is 46.0 Å². The maximum Gasteiger partial charge on any atom is 0.421 e. The largest absolute Gasteiger partial charge is 0.439 e. The molecule has 1 aliphatic heterocycles. The van der Waals surface area contributed by atoms with Gasteiger partial charge in [0.1, 0.15) is 16.9 Å². The fourth-order valence-electron chi connectivity index (χ4n) is 3.09. The van der Waals surface area contributed by atoms with E-state index in [4.69, 9.17) is 16.0 Å². The molecule has 1 aliphatic rings. The van der Waals surface area contributed by atoms with Gasteiger partial charge in [-0.2, -0.15) is 18.2 Å². The Morgan fingerprint density at radius 1 is 1.07 bits per heavy atom. The average molecular weight is 398 g/mol. The van der Waals surface area contributed by atoms with Crippen LogP contribution < -0.4 is 4.90 Å². The molecule has 0 radical (unpaired) electrons. The topological polar surface area (TPSA) is 58.3 Å². The van der Waals surface area contributed by atoms with E-state index in [0.717, 1.165) is 17.3 Å². The number of hydrogen-bond acceptors (Lipinski definition) is 6. The van der Waals surface area contributed by atoms with E-state index in [0.29, 0.717) is 38.6 Å². The highest BCUT2D eigenvalue weighted by Crippen LogP contribution is 2.35. The van der Waals surface area contributed by atoms with E-state index < -0.39 is 11.7 Å². The van der Waals surface area contributed by atoms with Crippen molar-refractivity contribution in [1.29, 1.82) is 0 Å². The van der Waals surface area contributed by atoms with Gasteiger partial charge in [0.2, 0.25) is 11.2 Å². The molecule has 0 unspecified atom stereocenters. The first-order valence-corrected chi connectivity index (χ1v) is 8.69. The molecular weight excluding hydrogens is 383 g/mol. The summed E-state index contributed by atoms with van der Waals surface area (Å²) >= 11 is 5.71. The van der Waals surface area contributed by atoms with Crippen LogP contribution in [0.15, 0.2) is 34.9 Å². The number of alkyl halides is 3. The lowest BCUT2D eigenvalue weighted by molar-refractivity contribution is -0.137. The van der Waals surface area contributed by atoms with Gasteiger partial charge in [0, 0.05) is 32.4 Å². The lowest BCUT2D eigenvalue weighted by Crippen LogP contribution is -2.46. The number of para-hydroxylation sites is 2. The van der Waals surface area contributed by atoms with Crippen molar-refractivity contribution in [2.24, 2.45) is 0 Å². The Balaban J connectivity index is 1.45. The highest BCUT2D eigenvalue weighted by Gasteiger charge is 2.37. The Morgan fingerprint density at radius 2 is 1.81 bits per heavy atom. The Hall–Kier alpha value is -2.39. The van der Waals surface area contributed by atoms with Crippen LogP contribution in [0, 0.1) is 0 Å². The minimum Gasteiger partial charge on any atom is -0.439 e. The molecule has 0 atom stereocenters. The number of hydrogen-bond donors (Lipinski definition) is 0. The maximum absolute atomic E-state index is 13.2. The molecule has 1 saturated heterocycles. The van der Waals surface area contributed by atoms with E-state index in [2.05, 4.69) is 19.9 Å². The number of rotatable bonds is 3. The third-order valence-electron chi connectivity index (χ3n) is 4.41. The van der Waals surface area contributed by atoms with Crippen molar-refractivity contribution in [2.75, 3.05) is 31.1 Å². The monoisotopic (exact) mass is 397 g/mol. The standard InChI is InChI=1S/C17H15ClF3N5O/c18-16-22-9-11(17(19,20)21)15(24-16)26-7-5-25(6-8-26)10-14-23-12-3-1-2-4-13(12)27-14/h1-4,9H,5-8,10H2. The van der Waals surface area contributed by atoms with Gasteiger partial charge in [-0.15, -0.1) is 0 Å². The van der Waals surface area contributed by atoms with Gasteiger partial charge in [0.15, 0.2) is 5.58 Å². The zero-order chi connectivity index (χ0) is 19.0. The molecule has 0 bridgehead atoms. The van der Waals surface area contributed by atoms with Crippen LogP contribution >= 0.6 is 11.6 Å². The number of nitrogens with zero attached hydrogens (tertiary/aromatic N) is 5. The van der Waals surface area contributed by atoms with Gasteiger partial charge < -0.3 is 9.32 Å². The van der Waals surface area contributed by atoms with Gasteiger partial charge in [0.05, 0.1) is 6.54 Å². The lowest BCUT2D eigenvalue weighted by Gasteiger charge is -2.35. The molecule has 1 aromatic carbocycles. The normalized spacial score (nSPS) is 16.2. The molecule has 0 aliphatic carbocycles. The minimum absolute atomic E-state index is 0.177. The second-order valence-electron chi connectivity index (χ2n) is 6.21. The number of aromatic nitrogens is 3. The Kier molecular flexibility index (Phi) is 4.65. The van der Waals surface area contributed by atoms with E-state index in [-0.39, 0.29) is 11.1 Å². The lowest BCUT2D eigenvalue weighted by atomic mass is 10.2.